The van der Waals surface area contributed by atoms with Crippen LogP contribution in [0.3, 0.4) is 0 Å². The highest BCUT2D eigenvalue weighted by molar-refractivity contribution is 5.99. The minimum absolute atomic E-state index is 0.0548. The highest BCUT2D eigenvalue weighted by atomic mass is 16.2. The predicted octanol–water partition coefficient (Wildman–Crippen LogP) is 2.06. The van der Waals surface area contributed by atoms with Crippen LogP contribution in [0.2, 0.25) is 0 Å². The minimum Gasteiger partial charge on any atom is -0.350 e. The van der Waals surface area contributed by atoms with E-state index in [1.54, 1.807) is 12.1 Å². The van der Waals surface area contributed by atoms with Crippen LogP contribution in [0, 0.1) is 12.8 Å². The van der Waals surface area contributed by atoms with Crippen molar-refractivity contribution in [2.24, 2.45) is 11.7 Å². The average Bonchev–Trinajstić information content (AvgIpc) is 2.38. The van der Waals surface area contributed by atoms with Gasteiger partial charge in [0, 0.05) is 17.3 Å². The zero-order chi connectivity index (χ0) is 16.2. The Morgan fingerprint density at radius 1 is 1.14 bits per heavy atom. The van der Waals surface area contributed by atoms with Gasteiger partial charge in [-0.25, -0.2) is 0 Å². The molecule has 0 fully saturated rings. The van der Waals surface area contributed by atoms with Crippen molar-refractivity contribution >= 4 is 17.5 Å². The van der Waals surface area contributed by atoms with Crippen molar-refractivity contribution in [3.63, 3.8) is 0 Å². The molecule has 0 aliphatic rings. The Morgan fingerprint density at radius 3 is 2.29 bits per heavy atom. The van der Waals surface area contributed by atoms with Crippen molar-refractivity contribution in [1.82, 2.24) is 5.32 Å². The fourth-order valence-corrected chi connectivity index (χ4v) is 1.81. The molecule has 1 aromatic carbocycles. The van der Waals surface area contributed by atoms with Gasteiger partial charge < -0.3 is 16.4 Å². The first kappa shape index (κ1) is 17.2. The van der Waals surface area contributed by atoms with Gasteiger partial charge in [0.15, 0.2) is 0 Å². The lowest BCUT2D eigenvalue weighted by atomic mass is 10.0. The van der Waals surface area contributed by atoms with Crippen molar-refractivity contribution in [3.05, 3.63) is 29.3 Å². The van der Waals surface area contributed by atoms with Gasteiger partial charge in [-0.05, 0) is 44.4 Å². The number of hydrogen-bond donors (Lipinski definition) is 3. The summed E-state index contributed by atoms with van der Waals surface area (Å²) in [5.74, 6) is -0.338. The molecule has 0 unspecified atom stereocenters. The maximum atomic E-state index is 12.1. The van der Waals surface area contributed by atoms with E-state index in [0.717, 1.165) is 5.56 Å². The summed E-state index contributed by atoms with van der Waals surface area (Å²) in [5, 5.41) is 5.60. The third-order valence-electron chi connectivity index (χ3n) is 3.19. The molecular weight excluding hydrogens is 266 g/mol. The maximum Gasteiger partial charge on any atom is 0.251 e. The Morgan fingerprint density at radius 2 is 1.76 bits per heavy atom. The largest absolute Gasteiger partial charge is 0.350 e. The van der Waals surface area contributed by atoms with Gasteiger partial charge in [0.05, 0.1) is 6.04 Å². The molecule has 0 aliphatic heterocycles. The monoisotopic (exact) mass is 291 g/mol. The molecular formula is C16H25N3O2. The smallest absolute Gasteiger partial charge is 0.251 e. The normalized spacial score (nSPS) is 12.4. The quantitative estimate of drug-likeness (QED) is 0.776. The van der Waals surface area contributed by atoms with Crippen LogP contribution in [0.25, 0.3) is 0 Å². The topological polar surface area (TPSA) is 84.2 Å². The summed E-state index contributed by atoms with van der Waals surface area (Å²) in [7, 11) is 0. The Labute approximate surface area is 126 Å². The van der Waals surface area contributed by atoms with Crippen molar-refractivity contribution in [3.8, 4) is 0 Å². The number of benzene rings is 1. The molecule has 1 rings (SSSR count). The van der Waals surface area contributed by atoms with Crippen LogP contribution in [-0.4, -0.2) is 23.9 Å². The number of aryl methyl sites for hydroxylation is 1. The number of nitrogens with two attached hydrogens (primary N) is 1. The number of carbonyl (C=O) groups is 2. The van der Waals surface area contributed by atoms with Gasteiger partial charge in [-0.15, -0.1) is 0 Å². The van der Waals surface area contributed by atoms with Crippen molar-refractivity contribution in [1.29, 1.82) is 0 Å². The van der Waals surface area contributed by atoms with E-state index in [2.05, 4.69) is 10.6 Å². The van der Waals surface area contributed by atoms with Crippen LogP contribution in [0.15, 0.2) is 18.2 Å². The SMILES string of the molecule is Cc1ccc(NC(=O)[C@@H](N)C(C)C)cc1C(=O)NC(C)C. The highest BCUT2D eigenvalue weighted by Crippen LogP contribution is 2.16. The molecule has 21 heavy (non-hydrogen) atoms. The van der Waals surface area contributed by atoms with Gasteiger partial charge in [-0.1, -0.05) is 19.9 Å². The zero-order valence-corrected chi connectivity index (χ0v) is 13.4. The van der Waals surface area contributed by atoms with E-state index >= 15 is 0 Å². The molecule has 5 nitrogen and oxygen atoms in total. The average molecular weight is 291 g/mol. The number of anilines is 1. The van der Waals surface area contributed by atoms with E-state index in [-0.39, 0.29) is 23.8 Å². The van der Waals surface area contributed by atoms with Crippen LogP contribution >= 0.6 is 0 Å². The second kappa shape index (κ2) is 7.22. The summed E-state index contributed by atoms with van der Waals surface area (Å²) in [5.41, 5.74) is 7.81. The van der Waals surface area contributed by atoms with Crippen LogP contribution in [-0.2, 0) is 4.79 Å². The lowest BCUT2D eigenvalue weighted by Crippen LogP contribution is -2.39. The first-order valence-electron chi connectivity index (χ1n) is 7.20. The first-order valence-corrected chi connectivity index (χ1v) is 7.20. The van der Waals surface area contributed by atoms with Crippen molar-refractivity contribution in [2.45, 2.75) is 46.7 Å². The number of nitrogens with one attached hydrogen (secondary N) is 2. The maximum absolute atomic E-state index is 12.1. The van der Waals surface area contributed by atoms with E-state index < -0.39 is 6.04 Å². The fraction of sp³-hybridized carbons (Fsp3) is 0.500. The molecule has 0 saturated carbocycles. The van der Waals surface area contributed by atoms with Gasteiger partial charge >= 0.3 is 0 Å². The van der Waals surface area contributed by atoms with Crippen LogP contribution < -0.4 is 16.4 Å². The second-order valence-electron chi connectivity index (χ2n) is 5.92. The van der Waals surface area contributed by atoms with E-state index in [4.69, 9.17) is 5.73 Å². The Kier molecular flexibility index (Phi) is 5.90. The van der Waals surface area contributed by atoms with Crippen LogP contribution in [0.1, 0.15) is 43.6 Å². The van der Waals surface area contributed by atoms with E-state index in [0.29, 0.717) is 11.3 Å². The standard InChI is InChI=1S/C16H25N3O2/c1-9(2)14(17)16(21)19-12-7-6-11(5)13(8-12)15(20)18-10(3)4/h6-10,14H,17H2,1-5H3,(H,18,20)(H,19,21)/t14-/m0/s1. The Balaban J connectivity index is 2.92. The molecule has 2 amide bonds. The number of rotatable bonds is 5. The first-order chi connectivity index (χ1) is 9.72. The molecule has 5 heteroatoms. The highest BCUT2D eigenvalue weighted by Gasteiger charge is 2.18. The molecule has 0 spiro atoms. The lowest BCUT2D eigenvalue weighted by molar-refractivity contribution is -0.118. The van der Waals surface area contributed by atoms with Crippen molar-refractivity contribution in [2.75, 3.05) is 5.32 Å². The molecule has 0 aromatic heterocycles. The summed E-state index contributed by atoms with van der Waals surface area (Å²) in [4.78, 5) is 24.1. The van der Waals surface area contributed by atoms with Crippen LogP contribution in [0.4, 0.5) is 5.69 Å². The Bertz CT molecular complexity index is 524. The summed E-state index contributed by atoms with van der Waals surface area (Å²) < 4.78 is 0. The molecule has 0 bridgehead atoms. The van der Waals surface area contributed by atoms with E-state index in [9.17, 15) is 9.59 Å². The second-order valence-corrected chi connectivity index (χ2v) is 5.92. The summed E-state index contributed by atoms with van der Waals surface area (Å²) in [6.07, 6.45) is 0. The van der Waals surface area contributed by atoms with Gasteiger partial charge in [0.25, 0.3) is 5.91 Å². The molecule has 1 atom stereocenters. The van der Waals surface area contributed by atoms with Crippen molar-refractivity contribution < 1.29 is 9.59 Å². The van der Waals surface area contributed by atoms with Crippen LogP contribution in [0.5, 0.6) is 0 Å². The third-order valence-corrected chi connectivity index (χ3v) is 3.19. The minimum atomic E-state index is -0.570. The molecule has 1 aromatic rings. The number of carbonyl (C=O) groups excluding carboxylic acids is 2. The van der Waals surface area contributed by atoms with E-state index in [1.165, 1.54) is 0 Å². The van der Waals surface area contributed by atoms with Gasteiger partial charge in [-0.2, -0.15) is 0 Å². The molecule has 0 saturated heterocycles. The zero-order valence-electron chi connectivity index (χ0n) is 13.4. The van der Waals surface area contributed by atoms with Gasteiger partial charge in [-0.3, -0.25) is 9.59 Å². The predicted molar refractivity (Wildman–Crippen MR) is 85.2 cm³/mol. The number of amides is 2. The van der Waals surface area contributed by atoms with Gasteiger partial charge in [0.2, 0.25) is 5.91 Å². The fourth-order valence-electron chi connectivity index (χ4n) is 1.81. The molecule has 0 heterocycles. The van der Waals surface area contributed by atoms with Gasteiger partial charge in [0.1, 0.15) is 0 Å². The molecule has 0 radical (unpaired) electrons. The molecule has 0 aliphatic carbocycles. The third kappa shape index (κ3) is 4.86. The number of hydrogen-bond acceptors (Lipinski definition) is 3. The summed E-state index contributed by atoms with van der Waals surface area (Å²) in [6.45, 7) is 9.45. The Hall–Kier alpha value is -1.88. The molecule has 4 N–H and O–H groups in total. The summed E-state index contributed by atoms with van der Waals surface area (Å²) in [6, 6.07) is 4.75. The van der Waals surface area contributed by atoms with E-state index in [1.807, 2.05) is 40.7 Å². The summed E-state index contributed by atoms with van der Waals surface area (Å²) >= 11 is 0. The lowest BCUT2D eigenvalue weighted by Gasteiger charge is -2.16. The molecule has 116 valence electrons.